The fraction of sp³-hybridized carbons (Fsp3) is 0.364. The summed E-state index contributed by atoms with van der Waals surface area (Å²) in [6.45, 7) is 3.98. The number of aldehydes is 1. The van der Waals surface area contributed by atoms with Crippen molar-refractivity contribution in [1.82, 2.24) is 15.0 Å². The Morgan fingerprint density at radius 1 is 1.50 bits per heavy atom. The summed E-state index contributed by atoms with van der Waals surface area (Å²) in [7, 11) is 0. The first kappa shape index (κ1) is 11.0. The highest BCUT2D eigenvalue weighted by Gasteiger charge is 2.16. The summed E-state index contributed by atoms with van der Waals surface area (Å²) < 4.78 is 1.63. The third kappa shape index (κ3) is 2.04. The van der Waals surface area contributed by atoms with Gasteiger partial charge in [-0.05, 0) is 17.4 Å². The van der Waals surface area contributed by atoms with Gasteiger partial charge >= 0.3 is 0 Å². The van der Waals surface area contributed by atoms with E-state index in [4.69, 9.17) is 0 Å². The van der Waals surface area contributed by atoms with Gasteiger partial charge in [0.2, 0.25) is 0 Å². The van der Waals surface area contributed by atoms with Crippen LogP contribution in [0.3, 0.4) is 0 Å². The van der Waals surface area contributed by atoms with Crippen molar-refractivity contribution in [3.8, 4) is 10.6 Å². The first-order valence-electron chi connectivity index (χ1n) is 5.13. The Morgan fingerprint density at radius 3 is 2.88 bits per heavy atom. The number of carbonyl (C=O) groups excluding carboxylic acids is 1. The molecular formula is C11H13N3OS. The summed E-state index contributed by atoms with van der Waals surface area (Å²) >= 11 is 1.61. The number of aromatic nitrogens is 3. The molecule has 0 aliphatic rings. The zero-order chi connectivity index (χ0) is 11.5. The lowest BCUT2D eigenvalue weighted by atomic mass is 10.1. The minimum Gasteiger partial charge on any atom is -0.301 e. The molecule has 1 atom stereocenters. The summed E-state index contributed by atoms with van der Waals surface area (Å²) in [5.41, 5.74) is 0.822. The van der Waals surface area contributed by atoms with E-state index >= 15 is 0 Å². The van der Waals surface area contributed by atoms with E-state index in [0.717, 1.165) is 16.9 Å². The quantitative estimate of drug-likeness (QED) is 0.764. The van der Waals surface area contributed by atoms with Gasteiger partial charge in [-0.25, -0.2) is 4.68 Å². The number of carbonyl (C=O) groups is 1. The van der Waals surface area contributed by atoms with Crippen LogP contribution in [0.4, 0.5) is 0 Å². The topological polar surface area (TPSA) is 47.8 Å². The van der Waals surface area contributed by atoms with Gasteiger partial charge in [-0.2, -0.15) is 0 Å². The van der Waals surface area contributed by atoms with E-state index in [2.05, 4.69) is 10.3 Å². The molecule has 0 amide bonds. The largest absolute Gasteiger partial charge is 0.301 e. The van der Waals surface area contributed by atoms with Crippen molar-refractivity contribution in [1.29, 1.82) is 0 Å². The normalized spacial score (nSPS) is 12.9. The van der Waals surface area contributed by atoms with Crippen molar-refractivity contribution in [3.05, 3.63) is 23.7 Å². The predicted molar refractivity (Wildman–Crippen MR) is 63.3 cm³/mol. The van der Waals surface area contributed by atoms with E-state index in [1.165, 1.54) is 0 Å². The molecule has 1 unspecified atom stereocenters. The monoisotopic (exact) mass is 235 g/mol. The third-order valence-corrected chi connectivity index (χ3v) is 3.30. The molecule has 0 spiro atoms. The second-order valence-electron chi connectivity index (χ2n) is 3.93. The molecule has 2 aromatic rings. The van der Waals surface area contributed by atoms with E-state index in [0.29, 0.717) is 0 Å². The fourth-order valence-corrected chi connectivity index (χ4v) is 2.16. The molecule has 0 aliphatic heterocycles. The number of rotatable bonds is 4. The van der Waals surface area contributed by atoms with Gasteiger partial charge in [0.05, 0.1) is 11.1 Å². The predicted octanol–water partition coefficient (Wildman–Crippen LogP) is 2.40. The van der Waals surface area contributed by atoms with Crippen LogP contribution in [0.1, 0.15) is 19.9 Å². The van der Waals surface area contributed by atoms with Gasteiger partial charge in [-0.1, -0.05) is 25.1 Å². The first-order chi connectivity index (χ1) is 7.72. The van der Waals surface area contributed by atoms with Crippen LogP contribution in [0.15, 0.2) is 23.7 Å². The van der Waals surface area contributed by atoms with Crippen LogP contribution in [0, 0.1) is 5.92 Å². The smallest absolute Gasteiger partial charge is 0.144 e. The standard InChI is InChI=1S/C11H13N3OS/c1-8(2)10(7-15)14-6-9(12-13-14)11-4-3-5-16-11/h3-8,10H,1-2H3. The van der Waals surface area contributed by atoms with Crippen LogP contribution >= 0.6 is 11.3 Å². The van der Waals surface area contributed by atoms with E-state index in [1.807, 2.05) is 37.6 Å². The molecule has 2 rings (SSSR count). The lowest BCUT2D eigenvalue weighted by Gasteiger charge is -2.12. The van der Waals surface area contributed by atoms with Gasteiger partial charge in [0.15, 0.2) is 0 Å². The van der Waals surface area contributed by atoms with Crippen molar-refractivity contribution in [2.75, 3.05) is 0 Å². The molecular weight excluding hydrogens is 222 g/mol. The molecule has 0 aromatic carbocycles. The molecule has 0 N–H and O–H groups in total. The summed E-state index contributed by atoms with van der Waals surface area (Å²) in [6, 6.07) is 3.73. The van der Waals surface area contributed by atoms with Crippen molar-refractivity contribution < 1.29 is 4.79 Å². The lowest BCUT2D eigenvalue weighted by molar-refractivity contribution is -0.111. The molecule has 5 heteroatoms. The van der Waals surface area contributed by atoms with Crippen LogP contribution in [0.5, 0.6) is 0 Å². The molecule has 0 radical (unpaired) electrons. The molecule has 0 aliphatic carbocycles. The minimum atomic E-state index is -0.235. The van der Waals surface area contributed by atoms with Gasteiger partial charge in [-0.3, -0.25) is 0 Å². The molecule has 0 saturated carbocycles. The second kappa shape index (κ2) is 4.57. The van der Waals surface area contributed by atoms with Gasteiger partial charge in [0, 0.05) is 0 Å². The average Bonchev–Trinajstić information content (AvgIpc) is 2.86. The van der Waals surface area contributed by atoms with Crippen LogP contribution < -0.4 is 0 Å². The van der Waals surface area contributed by atoms with Gasteiger partial charge in [0.25, 0.3) is 0 Å². The zero-order valence-electron chi connectivity index (χ0n) is 9.20. The van der Waals surface area contributed by atoms with Crippen LogP contribution in [0.2, 0.25) is 0 Å². The Hall–Kier alpha value is -1.49. The van der Waals surface area contributed by atoms with Gasteiger partial charge in [-0.15, -0.1) is 16.4 Å². The van der Waals surface area contributed by atoms with E-state index in [1.54, 1.807) is 16.0 Å². The molecule has 2 aromatic heterocycles. The third-order valence-electron chi connectivity index (χ3n) is 2.41. The van der Waals surface area contributed by atoms with Gasteiger partial charge < -0.3 is 4.79 Å². The van der Waals surface area contributed by atoms with E-state index < -0.39 is 0 Å². The van der Waals surface area contributed by atoms with E-state index in [-0.39, 0.29) is 12.0 Å². The molecule has 0 saturated heterocycles. The Bertz CT molecular complexity index is 461. The van der Waals surface area contributed by atoms with Crippen molar-refractivity contribution >= 4 is 17.6 Å². The fourth-order valence-electron chi connectivity index (χ4n) is 1.48. The van der Waals surface area contributed by atoms with Crippen molar-refractivity contribution in [2.45, 2.75) is 19.9 Å². The maximum absolute atomic E-state index is 11.0. The molecule has 0 fully saturated rings. The summed E-state index contributed by atoms with van der Waals surface area (Å²) in [6.07, 6.45) is 2.74. The Kier molecular flexibility index (Phi) is 3.14. The number of nitrogens with zero attached hydrogens (tertiary/aromatic N) is 3. The Morgan fingerprint density at radius 2 is 2.31 bits per heavy atom. The van der Waals surface area contributed by atoms with Crippen molar-refractivity contribution in [2.24, 2.45) is 5.92 Å². The van der Waals surface area contributed by atoms with Crippen LogP contribution in [-0.2, 0) is 4.79 Å². The Balaban J connectivity index is 2.28. The number of thiophene rings is 1. The molecule has 84 valence electrons. The van der Waals surface area contributed by atoms with Crippen LogP contribution in [-0.4, -0.2) is 21.3 Å². The summed E-state index contributed by atoms with van der Waals surface area (Å²) in [4.78, 5) is 12.0. The second-order valence-corrected chi connectivity index (χ2v) is 4.88. The zero-order valence-corrected chi connectivity index (χ0v) is 10.0. The highest BCUT2D eigenvalue weighted by molar-refractivity contribution is 7.13. The van der Waals surface area contributed by atoms with Gasteiger partial charge in [0.1, 0.15) is 18.0 Å². The van der Waals surface area contributed by atoms with Crippen molar-refractivity contribution in [3.63, 3.8) is 0 Å². The highest BCUT2D eigenvalue weighted by Crippen LogP contribution is 2.23. The summed E-state index contributed by atoms with van der Waals surface area (Å²) in [5.74, 6) is 0.218. The maximum atomic E-state index is 11.0. The number of hydrogen-bond donors (Lipinski definition) is 0. The Labute approximate surface area is 97.9 Å². The average molecular weight is 235 g/mol. The number of hydrogen-bond acceptors (Lipinski definition) is 4. The summed E-state index contributed by atoms with van der Waals surface area (Å²) in [5, 5.41) is 10.1. The highest BCUT2D eigenvalue weighted by atomic mass is 32.1. The molecule has 16 heavy (non-hydrogen) atoms. The van der Waals surface area contributed by atoms with Crippen LogP contribution in [0.25, 0.3) is 10.6 Å². The maximum Gasteiger partial charge on any atom is 0.144 e. The minimum absolute atomic E-state index is 0.218. The molecule has 4 nitrogen and oxygen atoms in total. The van der Waals surface area contributed by atoms with E-state index in [9.17, 15) is 4.79 Å². The first-order valence-corrected chi connectivity index (χ1v) is 6.01. The molecule has 2 heterocycles. The molecule has 0 bridgehead atoms. The SMILES string of the molecule is CC(C)C(C=O)n1cc(-c2cccs2)nn1. The lowest BCUT2D eigenvalue weighted by Crippen LogP contribution is -2.17.